The van der Waals surface area contributed by atoms with E-state index in [4.69, 9.17) is 19.6 Å². The highest BCUT2D eigenvalue weighted by Gasteiger charge is 2.20. The van der Waals surface area contributed by atoms with Gasteiger partial charge in [-0.15, -0.1) is 5.54 Å². The Morgan fingerprint density at radius 2 is 1.97 bits per heavy atom. The Morgan fingerprint density at radius 3 is 2.67 bits per heavy atom. The summed E-state index contributed by atoms with van der Waals surface area (Å²) < 4.78 is 13.1. The molecule has 4 rings (SSSR count). The van der Waals surface area contributed by atoms with Gasteiger partial charge in [-0.25, -0.2) is 9.97 Å². The number of nitrogens with zero attached hydrogens (tertiary/aromatic N) is 5. The Morgan fingerprint density at radius 1 is 1.19 bits per heavy atom. The minimum Gasteiger partial charge on any atom is -0.477 e. The number of hydrogen-bond donors (Lipinski definition) is 1. The normalized spacial score (nSPS) is 14.6. The van der Waals surface area contributed by atoms with Gasteiger partial charge in [0.15, 0.2) is 5.52 Å². The van der Waals surface area contributed by atoms with E-state index in [-0.39, 0.29) is 5.56 Å². The lowest BCUT2D eigenvalue weighted by Crippen LogP contribution is -2.38. The molecule has 0 atom stereocenters. The summed E-state index contributed by atoms with van der Waals surface area (Å²) in [5.41, 5.74) is 6.49. The summed E-state index contributed by atoms with van der Waals surface area (Å²) in [5, 5.41) is 4.75. The average Bonchev–Trinajstić information content (AvgIpc) is 3.23. The molecule has 10 heteroatoms. The summed E-state index contributed by atoms with van der Waals surface area (Å²) in [5.74, 6) is 4.11. The standard InChI is InChI=1S/C26H36N6O3Si/c1-6-13-35-26-20(17-19(18-27-26)8-16-36(3,4)5)24-28-22-21(7-2)30-32(23(22)25(33)29-24)10-9-31-11-14-34-15-12-31/h17-18H,6-7,9-15H2,1-5H3,(H,28,29,33). The SMILES string of the molecule is CCCOc1ncc(C#C[Si](C)(C)C)cc1-c1nc2c(CC)nn(CCN3CCOCC3)c2c(=O)[nH]1. The van der Waals surface area contributed by atoms with E-state index in [0.717, 1.165) is 50.5 Å². The van der Waals surface area contributed by atoms with Crippen LogP contribution in [0, 0.1) is 11.5 Å². The predicted octanol–water partition coefficient (Wildman–Crippen LogP) is 3.09. The van der Waals surface area contributed by atoms with Crippen molar-refractivity contribution in [1.82, 2.24) is 29.6 Å². The number of nitrogens with one attached hydrogen (secondary N) is 1. The topological polar surface area (TPSA) is 98.2 Å². The fourth-order valence-electron chi connectivity index (χ4n) is 4.00. The summed E-state index contributed by atoms with van der Waals surface area (Å²) in [6.45, 7) is 15.9. The molecule has 0 aromatic carbocycles. The molecule has 192 valence electrons. The zero-order valence-corrected chi connectivity index (χ0v) is 23.0. The van der Waals surface area contributed by atoms with Crippen LogP contribution < -0.4 is 10.3 Å². The van der Waals surface area contributed by atoms with E-state index in [1.165, 1.54) is 0 Å². The molecule has 3 aromatic rings. The fraction of sp³-hybridized carbons (Fsp3) is 0.538. The quantitative estimate of drug-likeness (QED) is 0.369. The van der Waals surface area contributed by atoms with Crippen LogP contribution in [0.15, 0.2) is 17.1 Å². The van der Waals surface area contributed by atoms with Crippen molar-refractivity contribution in [3.05, 3.63) is 33.9 Å². The number of fused-ring (bicyclic) bond motifs is 1. The van der Waals surface area contributed by atoms with Gasteiger partial charge >= 0.3 is 0 Å². The van der Waals surface area contributed by atoms with Gasteiger partial charge in [-0.2, -0.15) is 5.10 Å². The molecule has 0 saturated carbocycles. The first-order valence-corrected chi connectivity index (χ1v) is 16.2. The summed E-state index contributed by atoms with van der Waals surface area (Å²) in [4.78, 5) is 28.1. The number of morpholine rings is 1. The van der Waals surface area contributed by atoms with E-state index in [0.29, 0.717) is 47.9 Å². The second-order valence-corrected chi connectivity index (χ2v) is 14.8. The fourth-order valence-corrected chi connectivity index (χ4v) is 4.52. The number of aromatic nitrogens is 5. The lowest BCUT2D eigenvalue weighted by atomic mass is 10.2. The number of ether oxygens (including phenoxy) is 2. The van der Waals surface area contributed by atoms with Gasteiger partial charge in [0.05, 0.1) is 37.6 Å². The van der Waals surface area contributed by atoms with Gasteiger partial charge in [0.2, 0.25) is 5.88 Å². The highest BCUT2D eigenvalue weighted by Crippen LogP contribution is 2.27. The number of pyridine rings is 1. The maximum atomic E-state index is 13.4. The van der Waals surface area contributed by atoms with Gasteiger partial charge in [-0.3, -0.25) is 14.4 Å². The van der Waals surface area contributed by atoms with Crippen molar-refractivity contribution >= 4 is 19.1 Å². The summed E-state index contributed by atoms with van der Waals surface area (Å²) in [7, 11) is -1.56. The number of hydrogen-bond acceptors (Lipinski definition) is 7. The molecule has 1 aliphatic heterocycles. The third-order valence-corrected chi connectivity index (χ3v) is 6.74. The molecule has 0 aliphatic carbocycles. The first-order chi connectivity index (χ1) is 17.3. The average molecular weight is 509 g/mol. The molecule has 1 N–H and O–H groups in total. The van der Waals surface area contributed by atoms with Crippen molar-refractivity contribution in [2.75, 3.05) is 39.5 Å². The van der Waals surface area contributed by atoms with Crippen LogP contribution in [-0.4, -0.2) is 77.2 Å². The van der Waals surface area contributed by atoms with Crippen molar-refractivity contribution in [1.29, 1.82) is 0 Å². The monoisotopic (exact) mass is 508 g/mol. The molecule has 4 heterocycles. The van der Waals surface area contributed by atoms with Gasteiger partial charge in [0.1, 0.15) is 19.4 Å². The smallest absolute Gasteiger partial charge is 0.277 e. The van der Waals surface area contributed by atoms with Crippen molar-refractivity contribution < 1.29 is 9.47 Å². The number of aromatic amines is 1. The summed E-state index contributed by atoms with van der Waals surface area (Å²) >= 11 is 0. The van der Waals surface area contributed by atoms with Crippen molar-refractivity contribution in [3.63, 3.8) is 0 Å². The molecule has 1 saturated heterocycles. The predicted molar refractivity (Wildman–Crippen MR) is 144 cm³/mol. The van der Waals surface area contributed by atoms with Crippen molar-refractivity contribution in [2.24, 2.45) is 0 Å². The molecule has 1 fully saturated rings. The van der Waals surface area contributed by atoms with Crippen LogP contribution >= 0.6 is 0 Å². The van der Waals surface area contributed by atoms with E-state index in [1.807, 2.05) is 19.9 Å². The van der Waals surface area contributed by atoms with Gasteiger partial charge in [0, 0.05) is 31.4 Å². The minimum absolute atomic E-state index is 0.218. The molecule has 36 heavy (non-hydrogen) atoms. The molecule has 1 aliphatic rings. The Labute approximate surface area is 213 Å². The second kappa shape index (κ2) is 11.4. The number of rotatable bonds is 8. The van der Waals surface area contributed by atoms with E-state index in [2.05, 4.69) is 46.0 Å². The molecular formula is C26H36N6O3Si. The highest BCUT2D eigenvalue weighted by atomic mass is 28.3. The molecule has 0 unspecified atom stereocenters. The van der Waals surface area contributed by atoms with Crippen LogP contribution in [0.2, 0.25) is 19.6 Å². The largest absolute Gasteiger partial charge is 0.477 e. The number of aryl methyl sites for hydroxylation is 1. The van der Waals surface area contributed by atoms with E-state index < -0.39 is 8.07 Å². The minimum atomic E-state index is -1.56. The Bertz CT molecular complexity index is 1330. The zero-order chi connectivity index (χ0) is 25.7. The lowest BCUT2D eigenvalue weighted by molar-refractivity contribution is 0.0361. The molecule has 0 bridgehead atoms. The third kappa shape index (κ3) is 6.21. The number of H-pyrrole nitrogens is 1. The van der Waals surface area contributed by atoms with Crippen LogP contribution in [-0.2, 0) is 17.7 Å². The first-order valence-electron chi connectivity index (χ1n) is 12.7. The van der Waals surface area contributed by atoms with E-state index >= 15 is 0 Å². The van der Waals surface area contributed by atoms with Crippen molar-refractivity contribution in [2.45, 2.75) is 52.9 Å². The van der Waals surface area contributed by atoms with Gasteiger partial charge in [-0.1, -0.05) is 39.4 Å². The zero-order valence-electron chi connectivity index (χ0n) is 22.0. The molecule has 3 aromatic heterocycles. The Kier molecular flexibility index (Phi) is 8.23. The van der Waals surface area contributed by atoms with Gasteiger partial charge in [-0.05, 0) is 18.9 Å². The van der Waals surface area contributed by atoms with Crippen LogP contribution in [0.3, 0.4) is 0 Å². The maximum Gasteiger partial charge on any atom is 0.277 e. The summed E-state index contributed by atoms with van der Waals surface area (Å²) in [6.07, 6.45) is 3.24. The van der Waals surface area contributed by atoms with Crippen LogP contribution in [0.4, 0.5) is 0 Å². The van der Waals surface area contributed by atoms with E-state index in [1.54, 1.807) is 10.9 Å². The van der Waals surface area contributed by atoms with Crippen LogP contribution in [0.25, 0.3) is 22.4 Å². The molecule has 0 radical (unpaired) electrons. The highest BCUT2D eigenvalue weighted by molar-refractivity contribution is 6.83. The van der Waals surface area contributed by atoms with Gasteiger partial charge < -0.3 is 14.5 Å². The third-order valence-electron chi connectivity index (χ3n) is 5.87. The summed E-state index contributed by atoms with van der Waals surface area (Å²) in [6, 6.07) is 1.91. The maximum absolute atomic E-state index is 13.4. The van der Waals surface area contributed by atoms with Crippen LogP contribution in [0.1, 0.15) is 31.5 Å². The second-order valence-electron chi connectivity index (χ2n) is 10.0. The Hall–Kier alpha value is -3.00. The molecular weight excluding hydrogens is 472 g/mol. The lowest BCUT2D eigenvalue weighted by Gasteiger charge is -2.26. The molecule has 0 amide bonds. The van der Waals surface area contributed by atoms with Crippen LogP contribution in [0.5, 0.6) is 5.88 Å². The first kappa shape index (κ1) is 26.1. The van der Waals surface area contributed by atoms with E-state index in [9.17, 15) is 4.79 Å². The van der Waals surface area contributed by atoms with Crippen molar-refractivity contribution in [3.8, 4) is 28.7 Å². The van der Waals surface area contributed by atoms with Gasteiger partial charge in [0.25, 0.3) is 5.56 Å². The Balaban J connectivity index is 1.75. The molecule has 9 nitrogen and oxygen atoms in total. The molecule has 0 spiro atoms.